The molecule has 0 aliphatic rings. The van der Waals surface area contributed by atoms with Crippen molar-refractivity contribution in [2.75, 3.05) is 11.9 Å². The van der Waals surface area contributed by atoms with E-state index in [1.807, 2.05) is 62.4 Å². The molecule has 0 spiro atoms. The highest BCUT2D eigenvalue weighted by Crippen LogP contribution is 2.16. The number of ether oxygens (including phenoxy) is 1. The summed E-state index contributed by atoms with van der Waals surface area (Å²) in [6, 6.07) is 17.2. The summed E-state index contributed by atoms with van der Waals surface area (Å²) >= 11 is 0. The second kappa shape index (κ2) is 7.00. The molecule has 0 saturated carbocycles. The number of carbonyl (C=O) groups is 1. The molecule has 0 bridgehead atoms. The first-order valence-electron chi connectivity index (χ1n) is 7.73. The highest BCUT2D eigenvalue weighted by atomic mass is 16.5. The SMILES string of the molecule is Cc1ccc(OCC(=O)Nc2ccn(-c3ccccc3)n2)cc1C. The van der Waals surface area contributed by atoms with Crippen LogP contribution >= 0.6 is 0 Å². The van der Waals surface area contributed by atoms with E-state index in [1.54, 1.807) is 16.9 Å². The fraction of sp³-hybridized carbons (Fsp3) is 0.158. The van der Waals surface area contributed by atoms with Gasteiger partial charge in [0.1, 0.15) is 5.75 Å². The average Bonchev–Trinajstić information content (AvgIpc) is 3.05. The Morgan fingerprint density at radius 2 is 1.88 bits per heavy atom. The van der Waals surface area contributed by atoms with Gasteiger partial charge in [0, 0.05) is 12.3 Å². The fourth-order valence-electron chi connectivity index (χ4n) is 2.25. The van der Waals surface area contributed by atoms with Crippen molar-refractivity contribution in [2.24, 2.45) is 0 Å². The van der Waals surface area contributed by atoms with Gasteiger partial charge >= 0.3 is 0 Å². The number of hydrogen-bond acceptors (Lipinski definition) is 3. The van der Waals surface area contributed by atoms with Crippen molar-refractivity contribution >= 4 is 11.7 Å². The summed E-state index contributed by atoms with van der Waals surface area (Å²) in [5, 5.41) is 7.06. The molecule has 0 atom stereocenters. The third-order valence-corrected chi connectivity index (χ3v) is 3.73. The number of para-hydroxylation sites is 1. The second-order valence-electron chi connectivity index (χ2n) is 5.56. The Morgan fingerprint density at radius 1 is 1.08 bits per heavy atom. The standard InChI is InChI=1S/C19H19N3O2/c1-14-8-9-17(12-15(14)2)24-13-19(23)20-18-10-11-22(21-18)16-6-4-3-5-7-16/h3-12H,13H2,1-2H3,(H,20,21,23). The van der Waals surface area contributed by atoms with Crippen molar-refractivity contribution < 1.29 is 9.53 Å². The van der Waals surface area contributed by atoms with Gasteiger partial charge in [0.05, 0.1) is 5.69 Å². The molecule has 5 heteroatoms. The molecule has 0 aliphatic carbocycles. The van der Waals surface area contributed by atoms with Crippen molar-refractivity contribution in [3.05, 3.63) is 71.9 Å². The Kier molecular flexibility index (Phi) is 4.61. The summed E-state index contributed by atoms with van der Waals surface area (Å²) < 4.78 is 7.23. The van der Waals surface area contributed by atoms with Crippen LogP contribution in [0.15, 0.2) is 60.8 Å². The number of rotatable bonds is 5. The van der Waals surface area contributed by atoms with Crippen molar-refractivity contribution in [2.45, 2.75) is 13.8 Å². The lowest BCUT2D eigenvalue weighted by Crippen LogP contribution is -2.20. The lowest BCUT2D eigenvalue weighted by molar-refractivity contribution is -0.118. The molecular weight excluding hydrogens is 302 g/mol. The van der Waals surface area contributed by atoms with Gasteiger partial charge in [-0.15, -0.1) is 0 Å². The predicted octanol–water partition coefficient (Wildman–Crippen LogP) is 3.51. The van der Waals surface area contributed by atoms with Gasteiger partial charge in [-0.05, 0) is 49.2 Å². The van der Waals surface area contributed by atoms with Crippen molar-refractivity contribution in [3.8, 4) is 11.4 Å². The van der Waals surface area contributed by atoms with Crippen LogP contribution in [0.1, 0.15) is 11.1 Å². The summed E-state index contributed by atoms with van der Waals surface area (Å²) in [4.78, 5) is 12.0. The molecule has 0 fully saturated rings. The van der Waals surface area contributed by atoms with Crippen LogP contribution in [0.3, 0.4) is 0 Å². The lowest BCUT2D eigenvalue weighted by atomic mass is 10.1. The minimum atomic E-state index is -0.244. The minimum absolute atomic E-state index is 0.0549. The van der Waals surface area contributed by atoms with Crippen LogP contribution in [0.25, 0.3) is 5.69 Å². The number of amides is 1. The number of anilines is 1. The Bertz CT molecular complexity index is 841. The van der Waals surface area contributed by atoms with Gasteiger partial charge in [0.15, 0.2) is 12.4 Å². The molecule has 3 rings (SSSR count). The normalized spacial score (nSPS) is 10.4. The van der Waals surface area contributed by atoms with Crippen LogP contribution in [0.4, 0.5) is 5.82 Å². The van der Waals surface area contributed by atoms with Gasteiger partial charge < -0.3 is 10.1 Å². The van der Waals surface area contributed by atoms with Crippen LogP contribution in [0.2, 0.25) is 0 Å². The van der Waals surface area contributed by atoms with Crippen LogP contribution in [0, 0.1) is 13.8 Å². The maximum atomic E-state index is 12.0. The number of hydrogen-bond donors (Lipinski definition) is 1. The summed E-state index contributed by atoms with van der Waals surface area (Å²) in [7, 11) is 0. The Morgan fingerprint density at radius 3 is 2.62 bits per heavy atom. The number of carbonyl (C=O) groups excluding carboxylic acids is 1. The molecule has 1 aromatic heterocycles. The Labute approximate surface area is 140 Å². The average molecular weight is 321 g/mol. The quantitative estimate of drug-likeness (QED) is 0.782. The van der Waals surface area contributed by atoms with E-state index in [-0.39, 0.29) is 12.5 Å². The molecule has 5 nitrogen and oxygen atoms in total. The molecule has 24 heavy (non-hydrogen) atoms. The smallest absolute Gasteiger partial charge is 0.263 e. The maximum absolute atomic E-state index is 12.0. The van der Waals surface area contributed by atoms with Gasteiger partial charge in [0.2, 0.25) is 0 Å². The van der Waals surface area contributed by atoms with Crippen LogP contribution in [-0.2, 0) is 4.79 Å². The molecule has 122 valence electrons. The first-order chi connectivity index (χ1) is 11.6. The van der Waals surface area contributed by atoms with Crippen molar-refractivity contribution in [3.63, 3.8) is 0 Å². The monoisotopic (exact) mass is 321 g/mol. The first kappa shape index (κ1) is 15.8. The molecule has 2 aromatic carbocycles. The van der Waals surface area contributed by atoms with Gasteiger partial charge in [0.25, 0.3) is 5.91 Å². The lowest BCUT2D eigenvalue weighted by Gasteiger charge is -2.08. The molecule has 1 N–H and O–H groups in total. The largest absolute Gasteiger partial charge is 0.484 e. The van der Waals surface area contributed by atoms with E-state index in [0.717, 1.165) is 11.3 Å². The van der Waals surface area contributed by atoms with E-state index in [1.165, 1.54) is 5.56 Å². The zero-order chi connectivity index (χ0) is 16.9. The summed E-state index contributed by atoms with van der Waals surface area (Å²) in [6.45, 7) is 3.99. The highest BCUT2D eigenvalue weighted by molar-refractivity contribution is 5.90. The third-order valence-electron chi connectivity index (χ3n) is 3.73. The number of benzene rings is 2. The van der Waals surface area contributed by atoms with E-state index in [9.17, 15) is 4.79 Å². The molecule has 3 aromatic rings. The first-order valence-corrected chi connectivity index (χ1v) is 7.73. The van der Waals surface area contributed by atoms with Gasteiger partial charge in [-0.2, -0.15) is 5.10 Å². The molecule has 0 aliphatic heterocycles. The Hall–Kier alpha value is -3.08. The van der Waals surface area contributed by atoms with Crippen LogP contribution < -0.4 is 10.1 Å². The third kappa shape index (κ3) is 3.81. The number of aryl methyl sites for hydroxylation is 2. The molecule has 0 radical (unpaired) electrons. The molecule has 1 amide bonds. The Balaban J connectivity index is 1.57. The molecular formula is C19H19N3O2. The fourth-order valence-corrected chi connectivity index (χ4v) is 2.25. The van der Waals surface area contributed by atoms with E-state index >= 15 is 0 Å². The number of nitrogens with one attached hydrogen (secondary N) is 1. The van der Waals surface area contributed by atoms with E-state index in [0.29, 0.717) is 11.6 Å². The maximum Gasteiger partial charge on any atom is 0.263 e. The topological polar surface area (TPSA) is 56.1 Å². The number of nitrogens with zero attached hydrogens (tertiary/aromatic N) is 2. The summed E-state index contributed by atoms with van der Waals surface area (Å²) in [5.41, 5.74) is 3.26. The van der Waals surface area contributed by atoms with Crippen molar-refractivity contribution in [1.29, 1.82) is 0 Å². The minimum Gasteiger partial charge on any atom is -0.484 e. The van der Waals surface area contributed by atoms with Crippen molar-refractivity contribution in [1.82, 2.24) is 9.78 Å². The van der Waals surface area contributed by atoms with Gasteiger partial charge in [-0.1, -0.05) is 24.3 Å². The summed E-state index contributed by atoms with van der Waals surface area (Å²) in [6.07, 6.45) is 1.80. The predicted molar refractivity (Wildman–Crippen MR) is 93.6 cm³/mol. The zero-order valence-electron chi connectivity index (χ0n) is 13.7. The highest BCUT2D eigenvalue weighted by Gasteiger charge is 2.07. The second-order valence-corrected chi connectivity index (χ2v) is 5.56. The molecule has 0 saturated heterocycles. The molecule has 1 heterocycles. The van der Waals surface area contributed by atoms with E-state index < -0.39 is 0 Å². The van der Waals surface area contributed by atoms with Gasteiger partial charge in [-0.25, -0.2) is 4.68 Å². The van der Waals surface area contributed by atoms with E-state index in [4.69, 9.17) is 4.74 Å². The summed E-state index contributed by atoms with van der Waals surface area (Å²) in [5.74, 6) is 0.933. The van der Waals surface area contributed by atoms with Crippen LogP contribution in [-0.4, -0.2) is 22.3 Å². The van der Waals surface area contributed by atoms with Gasteiger partial charge in [-0.3, -0.25) is 4.79 Å². The molecule has 0 unspecified atom stereocenters. The number of aromatic nitrogens is 2. The van der Waals surface area contributed by atoms with Crippen LogP contribution in [0.5, 0.6) is 5.75 Å². The zero-order valence-corrected chi connectivity index (χ0v) is 13.7. The van der Waals surface area contributed by atoms with E-state index in [2.05, 4.69) is 10.4 Å².